The molecule has 2 aliphatic heterocycles. The Morgan fingerprint density at radius 2 is 1.96 bits per heavy atom. The van der Waals surface area contributed by atoms with Gasteiger partial charge in [0.25, 0.3) is 5.91 Å². The second-order valence-corrected chi connectivity index (χ2v) is 8.71. The number of hydrogen-bond acceptors (Lipinski definition) is 5. The molecule has 9 heteroatoms. The number of carbonyl (C=O) groups is 1. The molecule has 2 aliphatic rings. The van der Waals surface area contributed by atoms with Crippen molar-refractivity contribution in [3.8, 4) is 0 Å². The van der Waals surface area contributed by atoms with E-state index >= 15 is 0 Å². The second kappa shape index (κ2) is 9.34. The van der Waals surface area contributed by atoms with Crippen LogP contribution in [0.2, 0.25) is 0 Å². The first kappa shape index (κ1) is 22.1. The summed E-state index contributed by atoms with van der Waals surface area (Å²) in [6.45, 7) is 7.46. The smallest absolute Gasteiger partial charge is 0.253 e. The summed E-state index contributed by atoms with van der Waals surface area (Å²) in [6, 6.07) is 5.30. The minimum Gasteiger partial charge on any atom is -0.379 e. The van der Waals surface area contributed by atoms with Crippen LogP contribution in [0.1, 0.15) is 29.8 Å². The molecule has 0 aliphatic carbocycles. The van der Waals surface area contributed by atoms with Gasteiger partial charge in [-0.1, -0.05) is 13.0 Å². The number of nitrogens with one attached hydrogen (secondary N) is 1. The number of morpholine rings is 1. The fraction of sp³-hybridized carbons (Fsp3) is 0.611. The molecule has 27 heavy (non-hydrogen) atoms. The molecule has 2 heterocycles. The fourth-order valence-corrected chi connectivity index (χ4v) is 5.17. The van der Waals surface area contributed by atoms with Gasteiger partial charge in [0.15, 0.2) is 0 Å². The zero-order valence-corrected chi connectivity index (χ0v) is 17.4. The lowest BCUT2D eigenvalue weighted by Gasteiger charge is -2.32. The topological polar surface area (TPSA) is 79.0 Å². The molecular weight excluding hydrogens is 390 g/mol. The summed E-state index contributed by atoms with van der Waals surface area (Å²) >= 11 is 0. The van der Waals surface area contributed by atoms with E-state index in [2.05, 4.69) is 5.32 Å². The van der Waals surface area contributed by atoms with Crippen LogP contribution < -0.4 is 5.32 Å². The summed E-state index contributed by atoms with van der Waals surface area (Å²) in [7, 11) is -3.63. The van der Waals surface area contributed by atoms with Gasteiger partial charge in [-0.15, -0.1) is 12.4 Å². The van der Waals surface area contributed by atoms with Gasteiger partial charge >= 0.3 is 0 Å². The Hall–Kier alpha value is -1.19. The molecule has 1 aromatic rings. The van der Waals surface area contributed by atoms with Gasteiger partial charge in [-0.05, 0) is 31.0 Å². The molecule has 0 aromatic heterocycles. The van der Waals surface area contributed by atoms with Crippen molar-refractivity contribution in [2.45, 2.75) is 31.2 Å². The van der Waals surface area contributed by atoms with Crippen LogP contribution >= 0.6 is 12.4 Å². The molecule has 2 saturated heterocycles. The van der Waals surface area contributed by atoms with Gasteiger partial charge in [0.1, 0.15) is 0 Å². The normalized spacial score (nSPS) is 21.6. The summed E-state index contributed by atoms with van der Waals surface area (Å²) in [5, 5.41) is 3.31. The molecule has 0 bridgehead atoms. The first-order chi connectivity index (χ1) is 12.4. The van der Waals surface area contributed by atoms with E-state index in [1.165, 1.54) is 4.31 Å². The van der Waals surface area contributed by atoms with Crippen LogP contribution in [0, 0.1) is 0 Å². The molecule has 3 rings (SSSR count). The summed E-state index contributed by atoms with van der Waals surface area (Å²) in [6.07, 6.45) is 0.595. The van der Waals surface area contributed by atoms with E-state index in [9.17, 15) is 13.2 Å². The zero-order valence-electron chi connectivity index (χ0n) is 15.8. The summed E-state index contributed by atoms with van der Waals surface area (Å²) in [5.74, 6) is -0.112. The highest BCUT2D eigenvalue weighted by Gasteiger charge is 2.30. The monoisotopic (exact) mass is 417 g/mol. The maximum Gasteiger partial charge on any atom is 0.253 e. The Morgan fingerprint density at radius 3 is 2.59 bits per heavy atom. The van der Waals surface area contributed by atoms with Crippen LogP contribution in [0.4, 0.5) is 0 Å². The van der Waals surface area contributed by atoms with Gasteiger partial charge in [0.05, 0.1) is 18.1 Å². The number of sulfonamides is 1. The van der Waals surface area contributed by atoms with Crippen LogP contribution in [0.15, 0.2) is 23.1 Å². The second-order valence-electron chi connectivity index (χ2n) is 6.80. The molecule has 1 N–H and O–H groups in total. The van der Waals surface area contributed by atoms with Gasteiger partial charge in [-0.3, -0.25) is 4.79 Å². The maximum absolute atomic E-state index is 13.1. The number of rotatable bonds is 4. The summed E-state index contributed by atoms with van der Waals surface area (Å²) in [4.78, 5) is 14.9. The van der Waals surface area contributed by atoms with Crippen molar-refractivity contribution in [1.29, 1.82) is 0 Å². The lowest BCUT2D eigenvalue weighted by Crippen LogP contribution is -2.51. The van der Waals surface area contributed by atoms with E-state index in [4.69, 9.17) is 4.74 Å². The average molecular weight is 418 g/mol. The molecular formula is C18H28ClN3O4S. The van der Waals surface area contributed by atoms with Gasteiger partial charge in [0.2, 0.25) is 10.0 Å². The molecule has 1 unspecified atom stereocenters. The minimum atomic E-state index is -3.63. The SMILES string of the molecule is CCc1ccc(C(=O)N2CCNC(C)C2)cc1S(=O)(=O)N1CCOCC1.Cl. The van der Waals surface area contributed by atoms with E-state index in [1.807, 2.05) is 13.8 Å². The first-order valence-electron chi connectivity index (χ1n) is 9.17. The van der Waals surface area contributed by atoms with Crippen molar-refractivity contribution < 1.29 is 17.9 Å². The molecule has 2 fully saturated rings. The van der Waals surface area contributed by atoms with Crippen LogP contribution in [-0.2, 0) is 21.2 Å². The highest BCUT2D eigenvalue weighted by molar-refractivity contribution is 7.89. The van der Waals surface area contributed by atoms with E-state index < -0.39 is 10.0 Å². The molecule has 0 saturated carbocycles. The van der Waals surface area contributed by atoms with Crippen molar-refractivity contribution in [3.05, 3.63) is 29.3 Å². The molecule has 0 spiro atoms. The molecule has 7 nitrogen and oxygen atoms in total. The van der Waals surface area contributed by atoms with Crippen molar-refractivity contribution in [3.63, 3.8) is 0 Å². The van der Waals surface area contributed by atoms with E-state index in [0.29, 0.717) is 51.4 Å². The summed E-state index contributed by atoms with van der Waals surface area (Å²) in [5.41, 5.74) is 1.17. The molecule has 1 atom stereocenters. The quantitative estimate of drug-likeness (QED) is 0.794. The van der Waals surface area contributed by atoms with Crippen LogP contribution in [0.3, 0.4) is 0 Å². The molecule has 1 amide bonds. The number of piperazine rings is 1. The van der Waals surface area contributed by atoms with Gasteiger partial charge < -0.3 is 15.0 Å². The van der Waals surface area contributed by atoms with Crippen LogP contribution in [0.5, 0.6) is 0 Å². The fourth-order valence-electron chi connectivity index (χ4n) is 3.45. The number of benzene rings is 1. The van der Waals surface area contributed by atoms with Crippen molar-refractivity contribution in [2.75, 3.05) is 45.9 Å². The zero-order chi connectivity index (χ0) is 18.7. The number of hydrogen-bond donors (Lipinski definition) is 1. The lowest BCUT2D eigenvalue weighted by molar-refractivity contribution is 0.0708. The van der Waals surface area contributed by atoms with Crippen LogP contribution in [-0.4, -0.2) is 75.5 Å². The molecule has 1 aromatic carbocycles. The Labute approximate surface area is 167 Å². The third-order valence-corrected chi connectivity index (χ3v) is 6.92. The van der Waals surface area contributed by atoms with Gasteiger partial charge in [-0.25, -0.2) is 8.42 Å². The Morgan fingerprint density at radius 1 is 1.26 bits per heavy atom. The molecule has 152 valence electrons. The predicted octanol–water partition coefficient (Wildman–Crippen LogP) is 1.13. The Kier molecular flexibility index (Phi) is 7.64. The minimum absolute atomic E-state index is 0. The Bertz CT molecular complexity index is 766. The number of ether oxygens (including phenoxy) is 1. The third kappa shape index (κ3) is 4.81. The predicted molar refractivity (Wildman–Crippen MR) is 106 cm³/mol. The average Bonchev–Trinajstić information content (AvgIpc) is 2.67. The highest BCUT2D eigenvalue weighted by Crippen LogP contribution is 2.24. The summed E-state index contributed by atoms with van der Waals surface area (Å²) < 4.78 is 32.9. The van der Waals surface area contributed by atoms with E-state index in [-0.39, 0.29) is 29.3 Å². The van der Waals surface area contributed by atoms with Crippen LogP contribution in [0.25, 0.3) is 0 Å². The van der Waals surface area contributed by atoms with Gasteiger partial charge in [0, 0.05) is 44.3 Å². The number of aryl methyl sites for hydroxylation is 1. The van der Waals surface area contributed by atoms with E-state index in [1.54, 1.807) is 23.1 Å². The van der Waals surface area contributed by atoms with Crippen molar-refractivity contribution >= 4 is 28.3 Å². The number of nitrogens with zero attached hydrogens (tertiary/aromatic N) is 2. The number of carbonyl (C=O) groups excluding carboxylic acids is 1. The van der Waals surface area contributed by atoms with E-state index in [0.717, 1.165) is 12.1 Å². The van der Waals surface area contributed by atoms with Crippen molar-refractivity contribution in [2.24, 2.45) is 0 Å². The third-order valence-electron chi connectivity index (χ3n) is 4.94. The highest BCUT2D eigenvalue weighted by atomic mass is 35.5. The lowest BCUT2D eigenvalue weighted by atomic mass is 10.1. The largest absolute Gasteiger partial charge is 0.379 e. The number of halogens is 1. The first-order valence-corrected chi connectivity index (χ1v) is 10.6. The molecule has 0 radical (unpaired) electrons. The standard InChI is InChI=1S/C18H27N3O4S.ClH/c1-3-15-4-5-16(18(22)20-7-6-19-14(2)13-20)12-17(15)26(23,24)21-8-10-25-11-9-21;/h4-5,12,14,19H,3,6-11,13H2,1-2H3;1H. The maximum atomic E-state index is 13.1. The van der Waals surface area contributed by atoms with Gasteiger partial charge in [-0.2, -0.15) is 4.31 Å². The Balaban J connectivity index is 0.00000261. The van der Waals surface area contributed by atoms with Crippen molar-refractivity contribution in [1.82, 2.24) is 14.5 Å². The number of amides is 1.